The van der Waals surface area contributed by atoms with Gasteiger partial charge in [0.15, 0.2) is 0 Å². The van der Waals surface area contributed by atoms with E-state index in [1.807, 2.05) is 0 Å². The van der Waals surface area contributed by atoms with Gasteiger partial charge in [0.25, 0.3) is 0 Å². The molecule has 128 valence electrons. The largest absolute Gasteiger partial charge is 0.412 e. The molecule has 1 fully saturated rings. The molecule has 23 heavy (non-hydrogen) atoms. The number of carbonyl (C=O) groups excluding carboxylic acids is 1. The highest BCUT2D eigenvalue weighted by Gasteiger charge is 2.34. The van der Waals surface area contributed by atoms with E-state index in [-0.39, 0.29) is 24.4 Å². The Balaban J connectivity index is 2.16. The highest BCUT2D eigenvalue weighted by atomic mass is 19.4. The van der Waals surface area contributed by atoms with Gasteiger partial charge in [-0.25, -0.2) is 0 Å². The average Bonchev–Trinajstić information content (AvgIpc) is 2.92. The minimum absolute atomic E-state index is 0.0170. The molecular weight excluding hydrogens is 307 g/mol. The Morgan fingerprint density at radius 3 is 2.65 bits per heavy atom. The van der Waals surface area contributed by atoms with Gasteiger partial charge in [-0.05, 0) is 44.6 Å². The first-order valence-electron chi connectivity index (χ1n) is 7.71. The molecule has 0 radical (unpaired) electrons. The number of alkyl halides is 3. The van der Waals surface area contributed by atoms with Gasteiger partial charge in [0.1, 0.15) is 0 Å². The molecule has 1 amide bonds. The third-order valence-corrected chi connectivity index (χ3v) is 4.51. The zero-order chi connectivity index (χ0) is 17.2. The molecule has 4 nitrogen and oxygen atoms in total. The summed E-state index contributed by atoms with van der Waals surface area (Å²) in [7, 11) is 0. The Kier molecular flexibility index (Phi) is 5.29. The van der Waals surface area contributed by atoms with E-state index in [1.54, 1.807) is 4.90 Å². The van der Waals surface area contributed by atoms with E-state index in [4.69, 9.17) is 5.73 Å². The SMILES string of the molecule is C=NC1=C(/C=C(\C)C(F)(F)F)CN(C(=O)C2CCC(N)C2)CC1. The number of nitrogens with two attached hydrogens (primary N) is 1. The lowest BCUT2D eigenvalue weighted by molar-refractivity contribution is -0.135. The molecule has 1 aliphatic carbocycles. The molecule has 2 atom stereocenters. The van der Waals surface area contributed by atoms with Gasteiger partial charge in [-0.1, -0.05) is 0 Å². The van der Waals surface area contributed by atoms with Gasteiger partial charge in [-0.15, -0.1) is 0 Å². The maximum absolute atomic E-state index is 12.7. The van der Waals surface area contributed by atoms with E-state index < -0.39 is 11.7 Å². The number of amides is 1. The second-order valence-electron chi connectivity index (χ2n) is 6.24. The fourth-order valence-corrected chi connectivity index (χ4v) is 3.12. The highest BCUT2D eigenvalue weighted by molar-refractivity contribution is 5.80. The van der Waals surface area contributed by atoms with E-state index in [9.17, 15) is 18.0 Å². The number of nitrogens with zero attached hydrogens (tertiary/aromatic N) is 2. The molecule has 2 rings (SSSR count). The lowest BCUT2D eigenvalue weighted by Gasteiger charge is -2.31. The molecule has 0 saturated heterocycles. The van der Waals surface area contributed by atoms with Crippen molar-refractivity contribution >= 4 is 12.6 Å². The van der Waals surface area contributed by atoms with Crippen LogP contribution in [-0.4, -0.2) is 42.8 Å². The van der Waals surface area contributed by atoms with Crippen LogP contribution in [0, 0.1) is 5.92 Å². The number of hydrogen-bond acceptors (Lipinski definition) is 3. The van der Waals surface area contributed by atoms with Crippen LogP contribution in [0.1, 0.15) is 32.6 Å². The van der Waals surface area contributed by atoms with E-state index in [0.29, 0.717) is 30.7 Å². The molecule has 0 aromatic heterocycles. The Morgan fingerprint density at radius 2 is 2.13 bits per heavy atom. The summed E-state index contributed by atoms with van der Waals surface area (Å²) < 4.78 is 38.2. The molecule has 2 aliphatic rings. The molecule has 0 aromatic carbocycles. The quantitative estimate of drug-likeness (QED) is 0.810. The summed E-state index contributed by atoms with van der Waals surface area (Å²) in [5.41, 5.74) is 6.08. The molecule has 7 heteroatoms. The summed E-state index contributed by atoms with van der Waals surface area (Å²) in [4.78, 5) is 18.0. The molecule has 0 aromatic rings. The van der Waals surface area contributed by atoms with Crippen LogP contribution in [0.2, 0.25) is 0 Å². The van der Waals surface area contributed by atoms with Crippen molar-refractivity contribution in [2.24, 2.45) is 16.6 Å². The number of hydrogen-bond donors (Lipinski definition) is 1. The second kappa shape index (κ2) is 6.86. The number of rotatable bonds is 3. The number of carbonyl (C=O) groups is 1. The minimum atomic E-state index is -4.39. The fraction of sp³-hybridized carbons (Fsp3) is 0.625. The predicted molar refractivity (Wildman–Crippen MR) is 82.9 cm³/mol. The number of allylic oxidation sites excluding steroid dienone is 1. The topological polar surface area (TPSA) is 58.7 Å². The van der Waals surface area contributed by atoms with Crippen LogP contribution >= 0.6 is 0 Å². The van der Waals surface area contributed by atoms with Crippen molar-refractivity contribution in [1.29, 1.82) is 0 Å². The van der Waals surface area contributed by atoms with Gasteiger partial charge in [0.05, 0.1) is 0 Å². The molecule has 2 N–H and O–H groups in total. The van der Waals surface area contributed by atoms with Crippen molar-refractivity contribution in [3.63, 3.8) is 0 Å². The number of halogens is 3. The Bertz CT molecular complexity index is 551. The van der Waals surface area contributed by atoms with Crippen molar-refractivity contribution < 1.29 is 18.0 Å². The highest BCUT2D eigenvalue weighted by Crippen LogP contribution is 2.31. The maximum atomic E-state index is 12.7. The van der Waals surface area contributed by atoms with E-state index in [1.165, 1.54) is 0 Å². The molecule has 2 unspecified atom stereocenters. The van der Waals surface area contributed by atoms with Crippen molar-refractivity contribution in [2.45, 2.75) is 44.8 Å². The lowest BCUT2D eigenvalue weighted by Crippen LogP contribution is -2.40. The van der Waals surface area contributed by atoms with Crippen molar-refractivity contribution in [3.8, 4) is 0 Å². The summed E-state index contributed by atoms with van der Waals surface area (Å²) in [6.07, 6.45) is -0.671. The zero-order valence-electron chi connectivity index (χ0n) is 13.2. The molecule has 0 bridgehead atoms. The fourth-order valence-electron chi connectivity index (χ4n) is 3.12. The molecule has 1 aliphatic heterocycles. The normalized spacial score (nSPS) is 26.7. The van der Waals surface area contributed by atoms with Crippen molar-refractivity contribution in [2.75, 3.05) is 13.1 Å². The van der Waals surface area contributed by atoms with Crippen molar-refractivity contribution in [3.05, 3.63) is 22.9 Å². The third kappa shape index (κ3) is 4.22. The van der Waals surface area contributed by atoms with Gasteiger partial charge in [-0.2, -0.15) is 13.2 Å². The Morgan fingerprint density at radius 1 is 1.43 bits per heavy atom. The van der Waals surface area contributed by atoms with Crippen molar-refractivity contribution in [1.82, 2.24) is 4.90 Å². The first-order chi connectivity index (χ1) is 10.7. The molecule has 1 saturated carbocycles. The zero-order valence-corrected chi connectivity index (χ0v) is 13.2. The van der Waals surface area contributed by atoms with Crippen LogP contribution < -0.4 is 5.73 Å². The first-order valence-corrected chi connectivity index (χ1v) is 7.71. The minimum Gasteiger partial charge on any atom is -0.338 e. The smallest absolute Gasteiger partial charge is 0.338 e. The maximum Gasteiger partial charge on any atom is 0.412 e. The van der Waals surface area contributed by atoms with Gasteiger partial charge in [-0.3, -0.25) is 9.79 Å². The molecule has 0 spiro atoms. The summed E-state index contributed by atoms with van der Waals surface area (Å²) in [6, 6.07) is 0.0431. The van der Waals surface area contributed by atoms with Crippen LogP contribution in [0.25, 0.3) is 0 Å². The second-order valence-corrected chi connectivity index (χ2v) is 6.24. The first kappa shape index (κ1) is 17.7. The molecule has 1 heterocycles. The van der Waals surface area contributed by atoms with Gasteiger partial charge in [0.2, 0.25) is 5.91 Å². The standard InChI is InChI=1S/C16H22F3N3O/c1-10(16(17,18)19)7-12-9-22(6-5-14(12)21-2)15(23)11-3-4-13(20)8-11/h7,11,13H,2-6,8-9,20H2,1H3/b10-7+. The van der Waals surface area contributed by atoms with Crippen LogP contribution in [0.3, 0.4) is 0 Å². The Hall–Kier alpha value is -1.63. The summed E-state index contributed by atoms with van der Waals surface area (Å²) in [6.45, 7) is 5.05. The van der Waals surface area contributed by atoms with Crippen LogP contribution in [0.5, 0.6) is 0 Å². The molecular formula is C16H22F3N3O. The summed E-state index contributed by atoms with van der Waals surface area (Å²) in [5.74, 6) is -0.131. The van der Waals surface area contributed by atoms with Gasteiger partial charge < -0.3 is 10.6 Å². The number of aliphatic imine (C=N–C) groups is 1. The van der Waals surface area contributed by atoms with Crippen LogP contribution in [0.15, 0.2) is 27.9 Å². The van der Waals surface area contributed by atoms with E-state index in [2.05, 4.69) is 11.7 Å². The summed E-state index contributed by atoms with van der Waals surface area (Å²) in [5, 5.41) is 0. The van der Waals surface area contributed by atoms with E-state index >= 15 is 0 Å². The van der Waals surface area contributed by atoms with Gasteiger partial charge in [0, 0.05) is 42.7 Å². The van der Waals surface area contributed by atoms with Gasteiger partial charge >= 0.3 is 6.18 Å². The summed E-state index contributed by atoms with van der Waals surface area (Å²) >= 11 is 0. The van der Waals surface area contributed by atoms with Crippen LogP contribution in [0.4, 0.5) is 13.2 Å². The third-order valence-electron chi connectivity index (χ3n) is 4.51. The van der Waals surface area contributed by atoms with E-state index in [0.717, 1.165) is 25.8 Å². The Labute approximate surface area is 133 Å². The monoisotopic (exact) mass is 329 g/mol. The average molecular weight is 329 g/mol. The van der Waals surface area contributed by atoms with Crippen LogP contribution in [-0.2, 0) is 4.79 Å². The predicted octanol–water partition coefficient (Wildman–Crippen LogP) is 2.81. The lowest BCUT2D eigenvalue weighted by atomic mass is 10.00.